The molecule has 1 aliphatic rings. The maximum atomic E-state index is 11.5. The molecular formula is C10H15N3O2. The van der Waals surface area contributed by atoms with E-state index in [4.69, 9.17) is 5.26 Å². The number of carbonyl (C=O) groups is 2. The monoisotopic (exact) mass is 209 g/mol. The van der Waals surface area contributed by atoms with Crippen molar-refractivity contribution in [1.82, 2.24) is 10.6 Å². The summed E-state index contributed by atoms with van der Waals surface area (Å²) in [4.78, 5) is 22.4. The van der Waals surface area contributed by atoms with Gasteiger partial charge in [0.15, 0.2) is 0 Å². The van der Waals surface area contributed by atoms with Crippen LogP contribution in [0.1, 0.15) is 25.7 Å². The van der Waals surface area contributed by atoms with Gasteiger partial charge in [-0.2, -0.15) is 5.26 Å². The van der Waals surface area contributed by atoms with Crippen molar-refractivity contribution in [3.63, 3.8) is 0 Å². The van der Waals surface area contributed by atoms with E-state index in [1.165, 1.54) is 0 Å². The van der Waals surface area contributed by atoms with Gasteiger partial charge in [0.05, 0.1) is 12.0 Å². The normalized spacial score (nSPS) is 20.2. The Bertz CT molecular complexity index is 273. The van der Waals surface area contributed by atoms with E-state index in [0.29, 0.717) is 38.8 Å². The summed E-state index contributed by atoms with van der Waals surface area (Å²) in [5.41, 5.74) is 0. The number of carbonyl (C=O) groups excluding carboxylic acids is 2. The molecule has 0 aromatic heterocycles. The number of nitrogens with zero attached hydrogens (tertiary/aromatic N) is 1. The summed E-state index contributed by atoms with van der Waals surface area (Å²) < 4.78 is 0. The molecule has 0 aromatic carbocycles. The van der Waals surface area contributed by atoms with Crippen LogP contribution in [0.5, 0.6) is 0 Å². The number of unbranched alkanes of at least 4 members (excludes halogenated alkanes) is 1. The molecule has 0 saturated carbocycles. The van der Waals surface area contributed by atoms with Gasteiger partial charge in [0, 0.05) is 25.9 Å². The van der Waals surface area contributed by atoms with Crippen LogP contribution in [0, 0.1) is 17.2 Å². The largest absolute Gasteiger partial charge is 0.356 e. The molecule has 0 spiro atoms. The van der Waals surface area contributed by atoms with Crippen molar-refractivity contribution >= 4 is 11.8 Å². The van der Waals surface area contributed by atoms with E-state index in [0.717, 1.165) is 0 Å². The number of hydrogen-bond acceptors (Lipinski definition) is 3. The van der Waals surface area contributed by atoms with Crippen molar-refractivity contribution in [3.8, 4) is 6.07 Å². The van der Waals surface area contributed by atoms with Crippen molar-refractivity contribution in [2.75, 3.05) is 13.1 Å². The molecule has 1 aliphatic heterocycles. The summed E-state index contributed by atoms with van der Waals surface area (Å²) in [5.74, 6) is -0.110. The minimum atomic E-state index is -0.107. The summed E-state index contributed by atoms with van der Waals surface area (Å²) in [6.07, 6.45) is 2.19. The lowest BCUT2D eigenvalue weighted by atomic mass is 9.98. The molecule has 1 fully saturated rings. The first-order chi connectivity index (χ1) is 7.24. The molecule has 0 bridgehead atoms. The van der Waals surface area contributed by atoms with Gasteiger partial charge in [-0.25, -0.2) is 0 Å². The molecular weight excluding hydrogens is 194 g/mol. The molecule has 82 valence electrons. The van der Waals surface area contributed by atoms with Gasteiger partial charge in [-0.15, -0.1) is 0 Å². The SMILES string of the molecule is N#CCCCNC(=O)C1CCC(=O)NC1. The van der Waals surface area contributed by atoms with Gasteiger partial charge >= 0.3 is 0 Å². The molecule has 0 radical (unpaired) electrons. The topological polar surface area (TPSA) is 82.0 Å². The van der Waals surface area contributed by atoms with Crippen molar-refractivity contribution in [1.29, 1.82) is 5.26 Å². The molecule has 1 saturated heterocycles. The van der Waals surface area contributed by atoms with Crippen LogP contribution >= 0.6 is 0 Å². The predicted molar refractivity (Wildman–Crippen MR) is 53.6 cm³/mol. The number of nitriles is 1. The molecule has 0 aromatic rings. The first kappa shape index (κ1) is 11.5. The Kier molecular flexibility index (Phi) is 4.61. The van der Waals surface area contributed by atoms with Gasteiger partial charge < -0.3 is 10.6 Å². The average Bonchev–Trinajstić information content (AvgIpc) is 2.25. The second-order valence-electron chi connectivity index (χ2n) is 3.59. The average molecular weight is 209 g/mol. The Morgan fingerprint density at radius 3 is 3.07 bits per heavy atom. The standard InChI is InChI=1S/C10H15N3O2/c11-5-1-2-6-12-10(15)8-3-4-9(14)13-7-8/h8H,1-4,6-7H2,(H,12,15)(H,13,14). The number of amides is 2. The molecule has 1 rings (SSSR count). The third kappa shape index (κ3) is 3.98. The van der Waals surface area contributed by atoms with Crippen LogP contribution < -0.4 is 10.6 Å². The molecule has 5 heteroatoms. The maximum absolute atomic E-state index is 11.5. The third-order valence-corrected chi connectivity index (χ3v) is 2.40. The fourth-order valence-corrected chi connectivity index (χ4v) is 1.48. The zero-order chi connectivity index (χ0) is 11.1. The first-order valence-electron chi connectivity index (χ1n) is 5.15. The summed E-state index contributed by atoms with van der Waals surface area (Å²) >= 11 is 0. The van der Waals surface area contributed by atoms with Gasteiger partial charge in [0.2, 0.25) is 11.8 Å². The molecule has 1 atom stereocenters. The van der Waals surface area contributed by atoms with Crippen LogP contribution in [-0.2, 0) is 9.59 Å². The van der Waals surface area contributed by atoms with E-state index >= 15 is 0 Å². The van der Waals surface area contributed by atoms with Crippen molar-refractivity contribution in [2.45, 2.75) is 25.7 Å². The quantitative estimate of drug-likeness (QED) is 0.636. The van der Waals surface area contributed by atoms with E-state index < -0.39 is 0 Å². The molecule has 2 N–H and O–H groups in total. The van der Waals surface area contributed by atoms with Crippen LogP contribution in [0.25, 0.3) is 0 Å². The van der Waals surface area contributed by atoms with E-state index in [1.54, 1.807) is 0 Å². The van der Waals surface area contributed by atoms with Crippen LogP contribution in [0.15, 0.2) is 0 Å². The zero-order valence-corrected chi connectivity index (χ0v) is 8.58. The number of hydrogen-bond donors (Lipinski definition) is 2. The smallest absolute Gasteiger partial charge is 0.224 e. The fourth-order valence-electron chi connectivity index (χ4n) is 1.48. The Balaban J connectivity index is 2.17. The lowest BCUT2D eigenvalue weighted by molar-refractivity contribution is -0.128. The van der Waals surface area contributed by atoms with Crippen LogP contribution in [0.4, 0.5) is 0 Å². The predicted octanol–water partition coefficient (Wildman–Crippen LogP) is -0.0674. The van der Waals surface area contributed by atoms with Gasteiger partial charge in [0.25, 0.3) is 0 Å². The highest BCUT2D eigenvalue weighted by Crippen LogP contribution is 2.10. The van der Waals surface area contributed by atoms with E-state index in [-0.39, 0.29) is 17.7 Å². The summed E-state index contributed by atoms with van der Waals surface area (Å²) in [5, 5.41) is 13.7. The second kappa shape index (κ2) is 6.02. The minimum absolute atomic E-state index is 0.0172. The van der Waals surface area contributed by atoms with E-state index in [9.17, 15) is 9.59 Å². The Hall–Kier alpha value is -1.57. The van der Waals surface area contributed by atoms with Crippen molar-refractivity contribution in [3.05, 3.63) is 0 Å². The highest BCUT2D eigenvalue weighted by Gasteiger charge is 2.23. The fraction of sp³-hybridized carbons (Fsp3) is 0.700. The molecule has 15 heavy (non-hydrogen) atoms. The van der Waals surface area contributed by atoms with E-state index in [2.05, 4.69) is 10.6 Å². The first-order valence-corrected chi connectivity index (χ1v) is 5.15. The van der Waals surface area contributed by atoms with Crippen molar-refractivity contribution < 1.29 is 9.59 Å². The number of piperidine rings is 1. The minimum Gasteiger partial charge on any atom is -0.356 e. The third-order valence-electron chi connectivity index (χ3n) is 2.40. The number of rotatable bonds is 4. The zero-order valence-electron chi connectivity index (χ0n) is 8.58. The van der Waals surface area contributed by atoms with Crippen LogP contribution in [0.3, 0.4) is 0 Å². The van der Waals surface area contributed by atoms with Crippen molar-refractivity contribution in [2.24, 2.45) is 5.92 Å². The molecule has 2 amide bonds. The molecule has 1 unspecified atom stereocenters. The lowest BCUT2D eigenvalue weighted by Gasteiger charge is -2.21. The molecule has 5 nitrogen and oxygen atoms in total. The molecule has 0 aliphatic carbocycles. The van der Waals surface area contributed by atoms with Gasteiger partial charge in [-0.1, -0.05) is 0 Å². The summed E-state index contributed by atoms with van der Waals surface area (Å²) in [6, 6.07) is 2.02. The summed E-state index contributed by atoms with van der Waals surface area (Å²) in [7, 11) is 0. The Morgan fingerprint density at radius 1 is 1.67 bits per heavy atom. The van der Waals surface area contributed by atoms with Crippen LogP contribution in [-0.4, -0.2) is 24.9 Å². The molecule has 1 heterocycles. The van der Waals surface area contributed by atoms with Gasteiger partial charge in [-0.05, 0) is 12.8 Å². The second-order valence-corrected chi connectivity index (χ2v) is 3.59. The highest BCUT2D eigenvalue weighted by atomic mass is 16.2. The maximum Gasteiger partial charge on any atom is 0.224 e. The van der Waals surface area contributed by atoms with Gasteiger partial charge in [-0.3, -0.25) is 9.59 Å². The van der Waals surface area contributed by atoms with E-state index in [1.807, 2.05) is 6.07 Å². The highest BCUT2D eigenvalue weighted by molar-refractivity contribution is 5.83. The Labute approximate surface area is 88.8 Å². The Morgan fingerprint density at radius 2 is 2.47 bits per heavy atom. The van der Waals surface area contributed by atoms with Gasteiger partial charge in [0.1, 0.15) is 0 Å². The number of nitrogens with one attached hydrogen (secondary N) is 2. The van der Waals surface area contributed by atoms with Crippen LogP contribution in [0.2, 0.25) is 0 Å². The summed E-state index contributed by atoms with van der Waals surface area (Å²) in [6.45, 7) is 0.972. The lowest BCUT2D eigenvalue weighted by Crippen LogP contribution is -2.43.